The fourth-order valence-corrected chi connectivity index (χ4v) is 2.65. The molecule has 1 aliphatic carbocycles. The monoisotopic (exact) mass is 231 g/mol. The Morgan fingerprint density at radius 3 is 2.88 bits per heavy atom. The summed E-state index contributed by atoms with van der Waals surface area (Å²) in [5.74, 6) is 1.08. The summed E-state index contributed by atoms with van der Waals surface area (Å²) >= 11 is 0. The number of nitrogens with one attached hydrogen (secondary N) is 1. The van der Waals surface area contributed by atoms with Gasteiger partial charge in [0.05, 0.1) is 0 Å². The maximum Gasteiger partial charge on any atom is 0.123 e. The van der Waals surface area contributed by atoms with Gasteiger partial charge in [0.1, 0.15) is 11.9 Å². The molecule has 1 fully saturated rings. The molecule has 2 heteroatoms. The standard InChI is InChI=1S/C15H21NO/c1-10-4-5-13-11(6-10)7-12(17-13)9-16-14-8-15(14,2)3/h4-6,12,14,16H,7-9H2,1-3H3. The molecule has 0 amide bonds. The summed E-state index contributed by atoms with van der Waals surface area (Å²) in [5.41, 5.74) is 3.19. The Balaban J connectivity index is 1.56. The number of ether oxygens (including phenoxy) is 1. The van der Waals surface area contributed by atoms with Crippen LogP contribution in [0.25, 0.3) is 0 Å². The van der Waals surface area contributed by atoms with E-state index in [0.29, 0.717) is 17.6 Å². The summed E-state index contributed by atoms with van der Waals surface area (Å²) in [6, 6.07) is 7.16. The summed E-state index contributed by atoms with van der Waals surface area (Å²) in [5, 5.41) is 3.61. The first-order chi connectivity index (χ1) is 8.04. The van der Waals surface area contributed by atoms with E-state index >= 15 is 0 Å². The molecule has 1 aromatic rings. The second-order valence-electron chi connectivity index (χ2n) is 6.21. The maximum absolute atomic E-state index is 5.95. The van der Waals surface area contributed by atoms with Gasteiger partial charge in [0.25, 0.3) is 0 Å². The zero-order chi connectivity index (χ0) is 12.0. The van der Waals surface area contributed by atoms with Crippen molar-refractivity contribution in [1.82, 2.24) is 5.32 Å². The first-order valence-electron chi connectivity index (χ1n) is 6.54. The van der Waals surface area contributed by atoms with Crippen molar-refractivity contribution in [2.45, 2.75) is 45.8 Å². The number of rotatable bonds is 3. The average Bonchev–Trinajstić information content (AvgIpc) is 2.71. The summed E-state index contributed by atoms with van der Waals surface area (Å²) in [6.07, 6.45) is 2.67. The number of fused-ring (bicyclic) bond motifs is 1. The van der Waals surface area contributed by atoms with Crippen molar-refractivity contribution in [3.05, 3.63) is 29.3 Å². The normalized spacial score (nSPS) is 28.6. The second kappa shape index (κ2) is 3.74. The SMILES string of the molecule is Cc1ccc2c(c1)CC(CNC1CC1(C)C)O2. The Morgan fingerprint density at radius 2 is 2.18 bits per heavy atom. The van der Waals surface area contributed by atoms with Crippen molar-refractivity contribution in [2.75, 3.05) is 6.54 Å². The van der Waals surface area contributed by atoms with Gasteiger partial charge in [-0.3, -0.25) is 0 Å². The quantitative estimate of drug-likeness (QED) is 0.863. The van der Waals surface area contributed by atoms with Crippen LogP contribution in [-0.2, 0) is 6.42 Å². The average molecular weight is 231 g/mol. The lowest BCUT2D eigenvalue weighted by Gasteiger charge is -2.12. The molecular formula is C15H21NO. The Morgan fingerprint density at radius 1 is 1.41 bits per heavy atom. The summed E-state index contributed by atoms with van der Waals surface area (Å²) < 4.78 is 5.95. The van der Waals surface area contributed by atoms with Gasteiger partial charge in [-0.15, -0.1) is 0 Å². The van der Waals surface area contributed by atoms with Crippen LogP contribution in [-0.4, -0.2) is 18.7 Å². The van der Waals surface area contributed by atoms with E-state index in [-0.39, 0.29) is 0 Å². The smallest absolute Gasteiger partial charge is 0.123 e. The van der Waals surface area contributed by atoms with Crippen LogP contribution in [0, 0.1) is 12.3 Å². The van der Waals surface area contributed by atoms with E-state index in [1.54, 1.807) is 0 Å². The molecule has 0 radical (unpaired) electrons. The summed E-state index contributed by atoms with van der Waals surface area (Å²) in [7, 11) is 0. The van der Waals surface area contributed by atoms with Crippen LogP contribution >= 0.6 is 0 Å². The van der Waals surface area contributed by atoms with Gasteiger partial charge in [-0.1, -0.05) is 31.5 Å². The zero-order valence-corrected chi connectivity index (χ0v) is 10.9. The van der Waals surface area contributed by atoms with Crippen molar-refractivity contribution < 1.29 is 4.74 Å². The fraction of sp³-hybridized carbons (Fsp3) is 0.600. The van der Waals surface area contributed by atoms with Crippen molar-refractivity contribution >= 4 is 0 Å². The van der Waals surface area contributed by atoms with Crippen LogP contribution in [0.4, 0.5) is 0 Å². The van der Waals surface area contributed by atoms with Crippen LogP contribution in [0.1, 0.15) is 31.4 Å². The van der Waals surface area contributed by atoms with Gasteiger partial charge in [-0.25, -0.2) is 0 Å². The lowest BCUT2D eigenvalue weighted by molar-refractivity contribution is 0.225. The summed E-state index contributed by atoms with van der Waals surface area (Å²) in [4.78, 5) is 0. The topological polar surface area (TPSA) is 21.3 Å². The first-order valence-corrected chi connectivity index (χ1v) is 6.54. The molecule has 3 rings (SSSR count). The lowest BCUT2D eigenvalue weighted by Crippen LogP contribution is -2.33. The molecule has 2 atom stereocenters. The predicted molar refractivity (Wildman–Crippen MR) is 69.5 cm³/mol. The van der Waals surface area contributed by atoms with E-state index in [0.717, 1.165) is 18.7 Å². The van der Waals surface area contributed by atoms with Crippen LogP contribution in [0.15, 0.2) is 18.2 Å². The number of hydrogen-bond donors (Lipinski definition) is 1. The van der Waals surface area contributed by atoms with Crippen LogP contribution in [0.5, 0.6) is 5.75 Å². The number of aryl methyl sites for hydroxylation is 1. The Kier molecular flexibility index (Phi) is 2.44. The van der Waals surface area contributed by atoms with E-state index in [9.17, 15) is 0 Å². The lowest BCUT2D eigenvalue weighted by atomic mass is 10.1. The molecule has 0 bridgehead atoms. The third-order valence-corrected chi connectivity index (χ3v) is 4.06. The molecule has 92 valence electrons. The molecule has 2 nitrogen and oxygen atoms in total. The van der Waals surface area contributed by atoms with Crippen molar-refractivity contribution in [3.8, 4) is 5.75 Å². The fourth-order valence-electron chi connectivity index (χ4n) is 2.65. The van der Waals surface area contributed by atoms with Gasteiger partial charge in [0.15, 0.2) is 0 Å². The maximum atomic E-state index is 5.95. The Bertz CT molecular complexity index is 439. The Labute approximate surface area is 103 Å². The molecule has 2 unspecified atom stereocenters. The van der Waals surface area contributed by atoms with Gasteiger partial charge >= 0.3 is 0 Å². The minimum absolute atomic E-state index is 0.322. The molecule has 1 heterocycles. The highest BCUT2D eigenvalue weighted by Gasteiger charge is 2.45. The van der Waals surface area contributed by atoms with Crippen molar-refractivity contribution in [3.63, 3.8) is 0 Å². The van der Waals surface area contributed by atoms with Gasteiger partial charge < -0.3 is 10.1 Å². The first kappa shape index (κ1) is 11.1. The number of benzene rings is 1. The van der Waals surface area contributed by atoms with Crippen LogP contribution < -0.4 is 10.1 Å². The van der Waals surface area contributed by atoms with E-state index in [1.165, 1.54) is 17.5 Å². The van der Waals surface area contributed by atoms with E-state index < -0.39 is 0 Å². The van der Waals surface area contributed by atoms with Gasteiger partial charge in [-0.2, -0.15) is 0 Å². The highest BCUT2D eigenvalue weighted by molar-refractivity contribution is 5.40. The van der Waals surface area contributed by atoms with Gasteiger partial charge in [0, 0.05) is 19.0 Å². The predicted octanol–water partition coefficient (Wildman–Crippen LogP) is 2.69. The van der Waals surface area contributed by atoms with E-state index in [1.807, 2.05) is 0 Å². The minimum atomic E-state index is 0.322. The number of hydrogen-bond acceptors (Lipinski definition) is 2. The molecular weight excluding hydrogens is 210 g/mol. The molecule has 0 aromatic heterocycles. The van der Waals surface area contributed by atoms with Crippen molar-refractivity contribution in [2.24, 2.45) is 5.41 Å². The van der Waals surface area contributed by atoms with E-state index in [4.69, 9.17) is 4.74 Å². The Hall–Kier alpha value is -1.02. The third kappa shape index (κ3) is 2.19. The molecule has 17 heavy (non-hydrogen) atoms. The molecule has 1 aliphatic heterocycles. The third-order valence-electron chi connectivity index (χ3n) is 4.06. The highest BCUT2D eigenvalue weighted by atomic mass is 16.5. The molecule has 0 saturated heterocycles. The second-order valence-corrected chi connectivity index (χ2v) is 6.21. The highest BCUT2D eigenvalue weighted by Crippen LogP contribution is 2.44. The largest absolute Gasteiger partial charge is 0.488 e. The van der Waals surface area contributed by atoms with Crippen LogP contribution in [0.3, 0.4) is 0 Å². The molecule has 1 N–H and O–H groups in total. The van der Waals surface area contributed by atoms with Gasteiger partial charge in [-0.05, 0) is 30.4 Å². The molecule has 2 aliphatic rings. The molecule has 1 saturated carbocycles. The summed E-state index contributed by atoms with van der Waals surface area (Å²) in [6.45, 7) is 7.75. The van der Waals surface area contributed by atoms with Crippen LogP contribution in [0.2, 0.25) is 0 Å². The molecule has 1 aromatic carbocycles. The molecule has 0 spiro atoms. The van der Waals surface area contributed by atoms with E-state index in [2.05, 4.69) is 44.3 Å². The zero-order valence-electron chi connectivity index (χ0n) is 10.9. The van der Waals surface area contributed by atoms with Gasteiger partial charge in [0.2, 0.25) is 0 Å². The van der Waals surface area contributed by atoms with Crippen molar-refractivity contribution in [1.29, 1.82) is 0 Å². The minimum Gasteiger partial charge on any atom is -0.488 e.